The normalized spacial score (nSPS) is 14.7. The van der Waals surface area contributed by atoms with Gasteiger partial charge in [0.2, 0.25) is 0 Å². The van der Waals surface area contributed by atoms with E-state index in [1.807, 2.05) is 6.07 Å². The van der Waals surface area contributed by atoms with Crippen LogP contribution in [0.4, 0.5) is 5.82 Å². The van der Waals surface area contributed by atoms with Crippen LogP contribution < -0.4 is 10.5 Å². The van der Waals surface area contributed by atoms with Crippen molar-refractivity contribution in [3.63, 3.8) is 0 Å². The highest BCUT2D eigenvalue weighted by molar-refractivity contribution is 7.26. The van der Waals surface area contributed by atoms with Crippen molar-refractivity contribution in [2.45, 2.75) is 19.8 Å². The zero-order chi connectivity index (χ0) is 22.5. The summed E-state index contributed by atoms with van der Waals surface area (Å²) in [7, 11) is 0. The maximum Gasteiger partial charge on any atom is 0.259 e. The van der Waals surface area contributed by atoms with Gasteiger partial charge in [-0.15, -0.1) is 11.3 Å². The lowest BCUT2D eigenvalue weighted by Gasteiger charge is -2.27. The Bertz CT molecular complexity index is 1560. The minimum absolute atomic E-state index is 0.0616. The second-order valence-corrected chi connectivity index (χ2v) is 9.91. The Morgan fingerprint density at radius 3 is 2.61 bits per heavy atom. The lowest BCUT2D eigenvalue weighted by atomic mass is 9.99. The van der Waals surface area contributed by atoms with Gasteiger partial charge in [0.1, 0.15) is 11.5 Å². The van der Waals surface area contributed by atoms with Crippen molar-refractivity contribution in [1.82, 2.24) is 9.38 Å². The van der Waals surface area contributed by atoms with Crippen LogP contribution in [-0.2, 0) is 4.74 Å². The standard InChI is InChI=1S/C27H25N3O2S/c1-17(2)18-8-9-23-22(15-18)20-6-3-5-19(26(20)33-23)21-7-4-10-30-25(31)16-24(28-27(21)30)29-11-13-32-14-12-29/h3-10,15-17H,11-14H2,1-2H3. The molecule has 3 aromatic heterocycles. The molecule has 6 rings (SSSR count). The number of hydrogen-bond acceptors (Lipinski definition) is 5. The van der Waals surface area contributed by atoms with E-state index < -0.39 is 0 Å². The molecule has 0 amide bonds. The lowest BCUT2D eigenvalue weighted by molar-refractivity contribution is 0.122. The first-order valence-electron chi connectivity index (χ1n) is 11.4. The summed E-state index contributed by atoms with van der Waals surface area (Å²) in [5, 5.41) is 2.55. The number of benzene rings is 2. The third-order valence-electron chi connectivity index (χ3n) is 6.49. The Morgan fingerprint density at radius 1 is 0.970 bits per heavy atom. The highest BCUT2D eigenvalue weighted by atomic mass is 32.1. The zero-order valence-electron chi connectivity index (χ0n) is 18.7. The highest BCUT2D eigenvalue weighted by Crippen LogP contribution is 2.41. The molecular formula is C27H25N3O2S. The van der Waals surface area contributed by atoms with E-state index in [9.17, 15) is 4.79 Å². The fourth-order valence-electron chi connectivity index (χ4n) is 4.66. The van der Waals surface area contributed by atoms with Crippen molar-refractivity contribution < 1.29 is 4.74 Å². The Kier molecular flexibility index (Phi) is 4.93. The summed E-state index contributed by atoms with van der Waals surface area (Å²) in [5.74, 6) is 1.21. The Morgan fingerprint density at radius 2 is 1.79 bits per heavy atom. The van der Waals surface area contributed by atoms with Gasteiger partial charge in [-0.3, -0.25) is 9.20 Å². The molecule has 0 radical (unpaired) electrons. The molecule has 0 spiro atoms. The minimum atomic E-state index is -0.0616. The molecule has 33 heavy (non-hydrogen) atoms. The molecule has 0 N–H and O–H groups in total. The van der Waals surface area contributed by atoms with Crippen LogP contribution in [0, 0.1) is 0 Å². The Labute approximate surface area is 195 Å². The third kappa shape index (κ3) is 3.41. The van der Waals surface area contributed by atoms with Gasteiger partial charge in [-0.25, -0.2) is 4.98 Å². The van der Waals surface area contributed by atoms with Gasteiger partial charge >= 0.3 is 0 Å². The van der Waals surface area contributed by atoms with Crippen LogP contribution in [-0.4, -0.2) is 35.7 Å². The van der Waals surface area contributed by atoms with Crippen LogP contribution in [0.2, 0.25) is 0 Å². The van der Waals surface area contributed by atoms with Gasteiger partial charge in [0.05, 0.1) is 13.2 Å². The summed E-state index contributed by atoms with van der Waals surface area (Å²) in [4.78, 5) is 20.1. The second-order valence-electron chi connectivity index (χ2n) is 8.86. The SMILES string of the molecule is CC(C)c1ccc2sc3c(-c4cccn5c(=O)cc(N6CCOCC6)nc45)cccc3c2c1. The highest BCUT2D eigenvalue weighted by Gasteiger charge is 2.18. The molecule has 6 heteroatoms. The molecule has 5 aromatic rings. The van der Waals surface area contributed by atoms with Crippen LogP contribution >= 0.6 is 11.3 Å². The molecule has 0 unspecified atom stereocenters. The number of hydrogen-bond donors (Lipinski definition) is 0. The molecule has 0 aliphatic carbocycles. The predicted molar refractivity (Wildman–Crippen MR) is 137 cm³/mol. The topological polar surface area (TPSA) is 46.8 Å². The number of aromatic nitrogens is 2. The predicted octanol–water partition coefficient (Wildman–Crippen LogP) is 5.69. The Hall–Kier alpha value is -3.22. The first-order chi connectivity index (χ1) is 16.1. The van der Waals surface area contributed by atoms with Crippen molar-refractivity contribution in [2.24, 2.45) is 0 Å². The van der Waals surface area contributed by atoms with Crippen molar-refractivity contribution in [3.05, 3.63) is 76.7 Å². The largest absolute Gasteiger partial charge is 0.378 e. The average molecular weight is 456 g/mol. The summed E-state index contributed by atoms with van der Waals surface area (Å²) < 4.78 is 9.64. The summed E-state index contributed by atoms with van der Waals surface area (Å²) in [6, 6.07) is 18.9. The van der Waals surface area contributed by atoms with Crippen LogP contribution in [0.3, 0.4) is 0 Å². The van der Waals surface area contributed by atoms with Crippen LogP contribution in [0.15, 0.2) is 65.6 Å². The first kappa shape index (κ1) is 20.4. The van der Waals surface area contributed by atoms with Gasteiger partial charge in [0, 0.05) is 56.7 Å². The molecule has 1 aliphatic heterocycles. The van der Waals surface area contributed by atoms with Crippen LogP contribution in [0.25, 0.3) is 36.9 Å². The van der Waals surface area contributed by atoms with E-state index in [4.69, 9.17) is 9.72 Å². The number of pyridine rings is 1. The third-order valence-corrected chi connectivity index (χ3v) is 7.71. The monoisotopic (exact) mass is 455 g/mol. The smallest absolute Gasteiger partial charge is 0.259 e. The van der Waals surface area contributed by atoms with Crippen molar-refractivity contribution >= 4 is 43.0 Å². The lowest BCUT2D eigenvalue weighted by Crippen LogP contribution is -2.37. The van der Waals surface area contributed by atoms with Gasteiger partial charge in [-0.05, 0) is 35.7 Å². The van der Waals surface area contributed by atoms with Crippen LogP contribution in [0.1, 0.15) is 25.3 Å². The fraction of sp³-hybridized carbons (Fsp3) is 0.259. The van der Waals surface area contributed by atoms with E-state index >= 15 is 0 Å². The second kappa shape index (κ2) is 7.97. The number of nitrogens with zero attached hydrogens (tertiary/aromatic N) is 3. The number of fused-ring (bicyclic) bond motifs is 4. The summed E-state index contributed by atoms with van der Waals surface area (Å²) in [6.45, 7) is 7.26. The number of thiophene rings is 1. The summed E-state index contributed by atoms with van der Waals surface area (Å²) in [6.07, 6.45) is 1.80. The number of anilines is 1. The number of ether oxygens (including phenoxy) is 1. The minimum Gasteiger partial charge on any atom is -0.378 e. The van der Waals surface area contributed by atoms with E-state index in [-0.39, 0.29) is 5.56 Å². The molecule has 166 valence electrons. The summed E-state index contributed by atoms with van der Waals surface area (Å²) in [5.41, 5.74) is 4.07. The average Bonchev–Trinajstić information content (AvgIpc) is 3.22. The molecule has 0 saturated carbocycles. The van der Waals surface area contributed by atoms with Gasteiger partial charge in [0.25, 0.3) is 5.56 Å². The molecule has 0 bridgehead atoms. The maximum absolute atomic E-state index is 13.0. The van der Waals surface area contributed by atoms with Gasteiger partial charge < -0.3 is 9.64 Å². The molecule has 0 atom stereocenters. The van der Waals surface area contributed by atoms with Gasteiger partial charge in [0.15, 0.2) is 0 Å². The van der Waals surface area contributed by atoms with Crippen molar-refractivity contribution in [2.75, 3.05) is 31.2 Å². The quantitative estimate of drug-likeness (QED) is 0.351. The van der Waals surface area contributed by atoms with Crippen LogP contribution in [0.5, 0.6) is 0 Å². The summed E-state index contributed by atoms with van der Waals surface area (Å²) >= 11 is 1.81. The van der Waals surface area contributed by atoms with E-state index in [0.717, 1.165) is 30.0 Å². The maximum atomic E-state index is 13.0. The molecule has 2 aromatic carbocycles. The van der Waals surface area contributed by atoms with Crippen molar-refractivity contribution in [1.29, 1.82) is 0 Å². The molecule has 4 heterocycles. The molecule has 5 nitrogen and oxygen atoms in total. The molecular weight excluding hydrogens is 430 g/mol. The molecule has 1 fully saturated rings. The molecule has 1 aliphatic rings. The first-order valence-corrected chi connectivity index (χ1v) is 12.2. The van der Waals surface area contributed by atoms with E-state index in [0.29, 0.717) is 24.8 Å². The van der Waals surface area contributed by atoms with E-state index in [1.165, 1.54) is 25.7 Å². The van der Waals surface area contributed by atoms with Crippen molar-refractivity contribution in [3.8, 4) is 11.1 Å². The van der Waals surface area contributed by atoms with Gasteiger partial charge in [-0.1, -0.05) is 38.1 Å². The molecule has 1 saturated heterocycles. The fourth-order valence-corrected chi connectivity index (χ4v) is 5.88. The van der Waals surface area contributed by atoms with E-state index in [1.54, 1.807) is 28.0 Å². The van der Waals surface area contributed by atoms with E-state index in [2.05, 4.69) is 61.2 Å². The number of rotatable bonds is 3. The zero-order valence-corrected chi connectivity index (χ0v) is 19.6. The van der Waals surface area contributed by atoms with Gasteiger partial charge in [-0.2, -0.15) is 0 Å². The Balaban J connectivity index is 1.59. The number of morpholine rings is 1.